The number of rotatable bonds is 7. The van der Waals surface area contributed by atoms with Crippen LogP contribution >= 0.6 is 22.9 Å². The third kappa shape index (κ3) is 3.98. The van der Waals surface area contributed by atoms with Crippen molar-refractivity contribution in [3.63, 3.8) is 0 Å². The Labute approximate surface area is 164 Å². The number of aromatic nitrogens is 2. The number of hydrogen-bond acceptors (Lipinski definition) is 6. The van der Waals surface area contributed by atoms with Crippen molar-refractivity contribution in [3.8, 4) is 0 Å². The van der Waals surface area contributed by atoms with E-state index in [0.717, 1.165) is 62.8 Å². The highest BCUT2D eigenvalue weighted by Crippen LogP contribution is 2.40. The lowest BCUT2D eigenvalue weighted by Gasteiger charge is -2.27. The van der Waals surface area contributed by atoms with Gasteiger partial charge in [-0.2, -0.15) is 0 Å². The van der Waals surface area contributed by atoms with Crippen LogP contribution in [0.5, 0.6) is 0 Å². The van der Waals surface area contributed by atoms with Crippen molar-refractivity contribution in [2.75, 3.05) is 38.2 Å². The highest BCUT2D eigenvalue weighted by Gasteiger charge is 2.23. The van der Waals surface area contributed by atoms with Crippen molar-refractivity contribution in [2.24, 2.45) is 0 Å². The number of hydrogen-bond donors (Lipinski definition) is 1. The molecule has 2 aromatic rings. The zero-order valence-electron chi connectivity index (χ0n) is 15.4. The molecule has 0 amide bonds. The van der Waals surface area contributed by atoms with E-state index in [4.69, 9.17) is 16.3 Å². The summed E-state index contributed by atoms with van der Waals surface area (Å²) in [7, 11) is 0. The minimum absolute atomic E-state index is 0.350. The predicted octanol–water partition coefficient (Wildman–Crippen LogP) is 4.14. The first-order chi connectivity index (χ1) is 12.7. The maximum absolute atomic E-state index is 6.21. The van der Waals surface area contributed by atoms with Gasteiger partial charge in [-0.15, -0.1) is 11.3 Å². The van der Waals surface area contributed by atoms with Gasteiger partial charge >= 0.3 is 0 Å². The van der Waals surface area contributed by atoms with Crippen LogP contribution in [0.2, 0.25) is 5.28 Å². The maximum Gasteiger partial charge on any atom is 0.225 e. The van der Waals surface area contributed by atoms with Gasteiger partial charge in [0, 0.05) is 24.0 Å². The SMILES string of the molecule is CCC(CCCN1CCOCC1)Nc1nc(Cl)nc2sc3c(c12)CCC3. The fourth-order valence-corrected chi connectivity index (χ4v) is 5.51. The smallest absolute Gasteiger partial charge is 0.225 e. The summed E-state index contributed by atoms with van der Waals surface area (Å²) in [5, 5.41) is 5.26. The zero-order chi connectivity index (χ0) is 17.9. The average Bonchev–Trinajstić information content (AvgIpc) is 3.22. The fraction of sp³-hybridized carbons (Fsp3) is 0.684. The predicted molar refractivity (Wildman–Crippen MR) is 109 cm³/mol. The van der Waals surface area contributed by atoms with E-state index in [2.05, 4.69) is 27.1 Å². The first kappa shape index (κ1) is 18.4. The van der Waals surface area contributed by atoms with Gasteiger partial charge in [0.1, 0.15) is 10.6 Å². The zero-order valence-corrected chi connectivity index (χ0v) is 17.0. The molecule has 1 saturated heterocycles. The number of aryl methyl sites for hydroxylation is 2. The Bertz CT molecular complexity index is 760. The van der Waals surface area contributed by atoms with Crippen LogP contribution in [0.1, 0.15) is 43.0 Å². The Kier molecular flexibility index (Phi) is 5.93. The standard InChI is InChI=1S/C19H27ClN4OS/c1-2-13(5-4-8-24-9-11-25-12-10-24)21-17-16-14-6-3-7-15(14)26-18(16)23-19(20)22-17/h13H,2-12H2,1H3,(H,21,22,23). The lowest BCUT2D eigenvalue weighted by Crippen LogP contribution is -2.37. The quantitative estimate of drug-likeness (QED) is 0.715. The molecule has 0 bridgehead atoms. The van der Waals surface area contributed by atoms with E-state index in [0.29, 0.717) is 11.3 Å². The summed E-state index contributed by atoms with van der Waals surface area (Å²) < 4.78 is 5.43. The second-order valence-corrected chi connectivity index (χ2v) is 8.65. The number of halogens is 1. The molecule has 2 aromatic heterocycles. The van der Waals surface area contributed by atoms with Crippen LogP contribution in [0.15, 0.2) is 0 Å². The molecule has 142 valence electrons. The van der Waals surface area contributed by atoms with Crippen molar-refractivity contribution in [1.29, 1.82) is 0 Å². The highest BCUT2D eigenvalue weighted by atomic mass is 35.5. The summed E-state index contributed by atoms with van der Waals surface area (Å²) in [4.78, 5) is 14.0. The Morgan fingerprint density at radius 1 is 1.27 bits per heavy atom. The fourth-order valence-electron chi connectivity index (χ4n) is 4.03. The largest absolute Gasteiger partial charge is 0.379 e. The molecular formula is C19H27ClN4OS. The van der Waals surface area contributed by atoms with Gasteiger partial charge in [0.2, 0.25) is 5.28 Å². The first-order valence-corrected chi connectivity index (χ1v) is 11.0. The molecule has 1 atom stereocenters. The van der Waals surface area contributed by atoms with Gasteiger partial charge in [-0.3, -0.25) is 4.90 Å². The summed E-state index contributed by atoms with van der Waals surface area (Å²) in [5.74, 6) is 0.942. The number of morpholine rings is 1. The molecule has 1 aliphatic carbocycles. The molecular weight excluding hydrogens is 368 g/mol. The average molecular weight is 395 g/mol. The minimum Gasteiger partial charge on any atom is -0.379 e. The van der Waals surface area contributed by atoms with Crippen LogP contribution in [0.25, 0.3) is 10.2 Å². The second kappa shape index (κ2) is 8.38. The van der Waals surface area contributed by atoms with Gasteiger partial charge in [-0.25, -0.2) is 9.97 Å². The third-order valence-corrected chi connectivity index (χ3v) is 6.86. The molecule has 5 nitrogen and oxygen atoms in total. The molecule has 26 heavy (non-hydrogen) atoms. The summed E-state index contributed by atoms with van der Waals surface area (Å²) in [5.41, 5.74) is 1.45. The van der Waals surface area contributed by atoms with Gasteiger partial charge in [0.15, 0.2) is 0 Å². The van der Waals surface area contributed by atoms with E-state index < -0.39 is 0 Å². The molecule has 3 heterocycles. The summed E-state index contributed by atoms with van der Waals surface area (Å²) >= 11 is 8.00. The number of ether oxygens (including phenoxy) is 1. The van der Waals surface area contributed by atoms with Crippen molar-refractivity contribution in [1.82, 2.24) is 14.9 Å². The number of nitrogens with zero attached hydrogens (tertiary/aromatic N) is 3. The van der Waals surface area contributed by atoms with Gasteiger partial charge < -0.3 is 10.1 Å². The molecule has 7 heteroatoms. The third-order valence-electron chi connectivity index (χ3n) is 5.50. The van der Waals surface area contributed by atoms with Gasteiger partial charge in [-0.05, 0) is 62.2 Å². The lowest BCUT2D eigenvalue weighted by atomic mass is 10.1. The van der Waals surface area contributed by atoms with E-state index in [1.165, 1.54) is 35.1 Å². The Morgan fingerprint density at radius 3 is 2.92 bits per heavy atom. The molecule has 0 radical (unpaired) electrons. The summed E-state index contributed by atoms with van der Waals surface area (Å²) in [6, 6.07) is 0.419. The van der Waals surface area contributed by atoms with Gasteiger partial charge in [0.05, 0.1) is 18.6 Å². The number of nitrogens with one attached hydrogen (secondary N) is 1. The van der Waals surface area contributed by atoms with E-state index in [-0.39, 0.29) is 0 Å². The molecule has 1 N–H and O–H groups in total. The van der Waals surface area contributed by atoms with Crippen LogP contribution in [-0.2, 0) is 17.6 Å². The first-order valence-electron chi connectivity index (χ1n) is 9.79. The van der Waals surface area contributed by atoms with Crippen LogP contribution in [0.4, 0.5) is 5.82 Å². The Hall–Kier alpha value is -0.950. The van der Waals surface area contributed by atoms with E-state index in [9.17, 15) is 0 Å². The van der Waals surface area contributed by atoms with E-state index in [1.54, 1.807) is 11.3 Å². The van der Waals surface area contributed by atoms with Crippen LogP contribution in [0.3, 0.4) is 0 Å². The Balaban J connectivity index is 1.44. The molecule has 1 unspecified atom stereocenters. The normalized spacial score (nSPS) is 19.0. The molecule has 1 aliphatic heterocycles. The second-order valence-electron chi connectivity index (χ2n) is 7.22. The number of anilines is 1. The van der Waals surface area contributed by atoms with Crippen LogP contribution in [-0.4, -0.2) is 53.8 Å². The summed E-state index contributed by atoms with van der Waals surface area (Å²) in [6.07, 6.45) is 6.97. The molecule has 1 fully saturated rings. The van der Waals surface area contributed by atoms with Crippen molar-refractivity contribution in [3.05, 3.63) is 15.7 Å². The molecule has 0 aromatic carbocycles. The van der Waals surface area contributed by atoms with E-state index in [1.807, 2.05) is 0 Å². The van der Waals surface area contributed by atoms with Gasteiger partial charge in [-0.1, -0.05) is 6.92 Å². The topological polar surface area (TPSA) is 50.3 Å². The molecule has 2 aliphatic rings. The summed E-state index contributed by atoms with van der Waals surface area (Å²) in [6.45, 7) is 7.26. The maximum atomic E-state index is 6.21. The minimum atomic E-state index is 0.350. The Morgan fingerprint density at radius 2 is 2.12 bits per heavy atom. The molecule has 0 spiro atoms. The van der Waals surface area contributed by atoms with Crippen molar-refractivity contribution in [2.45, 2.75) is 51.5 Å². The van der Waals surface area contributed by atoms with Crippen molar-refractivity contribution >= 4 is 39.0 Å². The van der Waals surface area contributed by atoms with E-state index >= 15 is 0 Å². The molecule has 0 saturated carbocycles. The highest BCUT2D eigenvalue weighted by molar-refractivity contribution is 7.19. The van der Waals surface area contributed by atoms with Gasteiger partial charge in [0.25, 0.3) is 0 Å². The number of thiophene rings is 1. The van der Waals surface area contributed by atoms with Crippen LogP contribution < -0.4 is 5.32 Å². The molecule has 4 rings (SSSR count). The lowest BCUT2D eigenvalue weighted by molar-refractivity contribution is 0.0370. The van der Waals surface area contributed by atoms with Crippen molar-refractivity contribution < 1.29 is 4.74 Å². The van der Waals surface area contributed by atoms with Crippen LogP contribution in [0, 0.1) is 0 Å². The monoisotopic (exact) mass is 394 g/mol. The number of fused-ring (bicyclic) bond motifs is 3.